The summed E-state index contributed by atoms with van der Waals surface area (Å²) in [6.45, 7) is 7.18. The molecule has 4 heteroatoms. The molecule has 1 heterocycles. The van der Waals surface area contributed by atoms with Gasteiger partial charge in [-0.15, -0.1) is 0 Å². The van der Waals surface area contributed by atoms with Crippen LogP contribution < -0.4 is 0 Å². The van der Waals surface area contributed by atoms with Crippen LogP contribution in [0.5, 0.6) is 0 Å². The number of carboxylic acid groups (broad SMARTS) is 1. The first-order valence-corrected chi connectivity index (χ1v) is 7.29. The third kappa shape index (κ3) is 4.41. The Morgan fingerprint density at radius 1 is 1.57 bits per heavy atom. The van der Waals surface area contributed by atoms with Crippen LogP contribution in [0.25, 0.3) is 6.08 Å². The Labute approximate surface area is 125 Å². The fraction of sp³-hybridized carbons (Fsp3) is 0.471. The highest BCUT2D eigenvalue weighted by Gasteiger charge is 2.24. The zero-order chi connectivity index (χ0) is 15.4. The Morgan fingerprint density at radius 2 is 2.29 bits per heavy atom. The van der Waals surface area contributed by atoms with Crippen LogP contribution in [0.4, 0.5) is 0 Å². The van der Waals surface area contributed by atoms with Crippen LogP contribution in [0.3, 0.4) is 0 Å². The number of epoxide rings is 1. The lowest BCUT2D eigenvalue weighted by Gasteiger charge is -2.16. The molecule has 0 aromatic heterocycles. The Kier molecular flexibility index (Phi) is 5.15. The molecular formula is C17H22O4. The largest absolute Gasteiger partial charge is 0.478 e. The quantitative estimate of drug-likeness (QED) is 0.618. The molecule has 0 saturated carbocycles. The molecule has 1 aliphatic heterocycles. The van der Waals surface area contributed by atoms with Gasteiger partial charge in [0, 0.05) is 5.57 Å². The Morgan fingerprint density at radius 3 is 2.86 bits per heavy atom. The van der Waals surface area contributed by atoms with Crippen molar-refractivity contribution in [2.75, 3.05) is 13.2 Å². The summed E-state index contributed by atoms with van der Waals surface area (Å²) in [6.07, 6.45) is 2.38. The number of hydrogen-bond donors (Lipinski definition) is 1. The first-order valence-electron chi connectivity index (χ1n) is 7.29. The lowest BCUT2D eigenvalue weighted by Crippen LogP contribution is -2.08. The first-order chi connectivity index (χ1) is 10.0. The number of aliphatic carboxylic acids is 1. The number of carbonyl (C=O) groups is 1. The number of hydrogen-bond acceptors (Lipinski definition) is 3. The number of ether oxygens (including phenoxy) is 2. The predicted molar refractivity (Wildman–Crippen MR) is 81.2 cm³/mol. The van der Waals surface area contributed by atoms with Gasteiger partial charge in [0.2, 0.25) is 0 Å². The normalized spacial score (nSPS) is 19.4. The van der Waals surface area contributed by atoms with E-state index in [9.17, 15) is 9.90 Å². The molecule has 2 rings (SSSR count). The number of benzene rings is 1. The molecule has 1 aromatic rings. The van der Waals surface area contributed by atoms with Gasteiger partial charge in [-0.2, -0.15) is 0 Å². The van der Waals surface area contributed by atoms with E-state index in [1.807, 2.05) is 39.0 Å². The average molecular weight is 290 g/mol. The molecule has 4 nitrogen and oxygen atoms in total. The van der Waals surface area contributed by atoms with Gasteiger partial charge in [0.1, 0.15) is 6.10 Å². The molecule has 114 valence electrons. The van der Waals surface area contributed by atoms with E-state index in [0.29, 0.717) is 18.6 Å². The molecule has 1 fully saturated rings. The summed E-state index contributed by atoms with van der Waals surface area (Å²) in [5.41, 5.74) is 3.43. The van der Waals surface area contributed by atoms with Gasteiger partial charge >= 0.3 is 5.97 Å². The van der Waals surface area contributed by atoms with Gasteiger partial charge in [-0.1, -0.05) is 30.7 Å². The van der Waals surface area contributed by atoms with Gasteiger partial charge in [0.05, 0.1) is 19.3 Å². The van der Waals surface area contributed by atoms with Gasteiger partial charge in [-0.05, 0) is 37.5 Å². The minimum absolute atomic E-state index is 0.0899. The molecule has 2 atom stereocenters. The Hall–Kier alpha value is -1.65. The zero-order valence-corrected chi connectivity index (χ0v) is 12.8. The van der Waals surface area contributed by atoms with E-state index in [0.717, 1.165) is 23.3 Å². The standard InChI is InChI=1S/C17H22O4/c1-4-13(17(18)19)8-14-7-11(2)5-6-16(14)12(3)20-9-15-10-21-15/h5-8,12,15H,4,9-10H2,1-3H3,(H,18,19)/t12-,15+/m1/s1. The monoisotopic (exact) mass is 290 g/mol. The van der Waals surface area contributed by atoms with E-state index in [4.69, 9.17) is 9.47 Å². The van der Waals surface area contributed by atoms with Gasteiger partial charge < -0.3 is 14.6 Å². The third-order valence-corrected chi connectivity index (χ3v) is 3.60. The van der Waals surface area contributed by atoms with Gasteiger partial charge in [-0.25, -0.2) is 4.79 Å². The number of carboxylic acids is 1. The third-order valence-electron chi connectivity index (χ3n) is 3.60. The van der Waals surface area contributed by atoms with Crippen molar-refractivity contribution in [2.24, 2.45) is 0 Å². The molecule has 0 bridgehead atoms. The SMILES string of the molecule is CCC(=Cc1cc(C)ccc1[C@@H](C)OC[C@H]1CO1)C(=O)O. The van der Waals surface area contributed by atoms with Gasteiger partial charge in [0.25, 0.3) is 0 Å². The Balaban J connectivity index is 2.25. The fourth-order valence-corrected chi connectivity index (χ4v) is 2.20. The van der Waals surface area contributed by atoms with Crippen molar-refractivity contribution in [3.8, 4) is 0 Å². The van der Waals surface area contributed by atoms with Crippen molar-refractivity contribution in [3.63, 3.8) is 0 Å². The summed E-state index contributed by atoms with van der Waals surface area (Å²) in [5, 5.41) is 9.20. The Bertz CT molecular complexity index is 544. The molecule has 0 radical (unpaired) electrons. The lowest BCUT2D eigenvalue weighted by atomic mass is 9.98. The summed E-state index contributed by atoms with van der Waals surface area (Å²) in [4.78, 5) is 11.2. The second kappa shape index (κ2) is 6.87. The van der Waals surface area contributed by atoms with Crippen LogP contribution in [0.15, 0.2) is 23.8 Å². The second-order valence-electron chi connectivity index (χ2n) is 5.39. The highest BCUT2D eigenvalue weighted by atomic mass is 16.6. The predicted octanol–water partition coefficient (Wildman–Crippen LogP) is 3.35. The molecule has 0 aliphatic carbocycles. The minimum Gasteiger partial charge on any atom is -0.478 e. The van der Waals surface area contributed by atoms with E-state index < -0.39 is 5.97 Å². The van der Waals surface area contributed by atoms with E-state index in [1.54, 1.807) is 6.08 Å². The summed E-state index contributed by atoms with van der Waals surface area (Å²) in [5.74, 6) is -0.870. The second-order valence-corrected chi connectivity index (χ2v) is 5.39. The molecule has 1 N–H and O–H groups in total. The maximum atomic E-state index is 11.2. The van der Waals surface area contributed by atoms with Gasteiger partial charge in [-0.3, -0.25) is 0 Å². The van der Waals surface area contributed by atoms with Crippen molar-refractivity contribution >= 4 is 12.0 Å². The fourth-order valence-electron chi connectivity index (χ4n) is 2.20. The maximum Gasteiger partial charge on any atom is 0.331 e. The molecule has 1 aromatic carbocycles. The molecule has 21 heavy (non-hydrogen) atoms. The van der Waals surface area contributed by atoms with E-state index in [2.05, 4.69) is 0 Å². The van der Waals surface area contributed by atoms with Crippen LogP contribution in [0.1, 0.15) is 43.1 Å². The van der Waals surface area contributed by atoms with Crippen molar-refractivity contribution in [2.45, 2.75) is 39.4 Å². The highest BCUT2D eigenvalue weighted by molar-refractivity contribution is 5.92. The summed E-state index contributed by atoms with van der Waals surface area (Å²) >= 11 is 0. The smallest absolute Gasteiger partial charge is 0.331 e. The van der Waals surface area contributed by atoms with E-state index in [-0.39, 0.29) is 12.2 Å². The zero-order valence-electron chi connectivity index (χ0n) is 12.8. The molecule has 0 unspecified atom stereocenters. The van der Waals surface area contributed by atoms with Crippen LogP contribution in [-0.4, -0.2) is 30.4 Å². The topological polar surface area (TPSA) is 59.1 Å². The van der Waals surface area contributed by atoms with Crippen molar-refractivity contribution in [3.05, 3.63) is 40.5 Å². The number of rotatable bonds is 7. The molecular weight excluding hydrogens is 268 g/mol. The van der Waals surface area contributed by atoms with Crippen LogP contribution in [0.2, 0.25) is 0 Å². The summed E-state index contributed by atoms with van der Waals surface area (Å²) < 4.78 is 10.9. The van der Waals surface area contributed by atoms with E-state index in [1.165, 1.54) is 0 Å². The van der Waals surface area contributed by atoms with Crippen LogP contribution in [0, 0.1) is 6.92 Å². The molecule has 0 spiro atoms. The van der Waals surface area contributed by atoms with Crippen molar-refractivity contribution < 1.29 is 19.4 Å². The van der Waals surface area contributed by atoms with Crippen LogP contribution >= 0.6 is 0 Å². The maximum absolute atomic E-state index is 11.2. The van der Waals surface area contributed by atoms with Gasteiger partial charge in [0.15, 0.2) is 0 Å². The average Bonchev–Trinajstić information content (AvgIpc) is 3.26. The van der Waals surface area contributed by atoms with Crippen molar-refractivity contribution in [1.29, 1.82) is 0 Å². The van der Waals surface area contributed by atoms with Crippen LogP contribution in [-0.2, 0) is 14.3 Å². The summed E-state index contributed by atoms with van der Waals surface area (Å²) in [7, 11) is 0. The van der Waals surface area contributed by atoms with Crippen molar-refractivity contribution in [1.82, 2.24) is 0 Å². The molecule has 1 aliphatic rings. The minimum atomic E-state index is -0.870. The summed E-state index contributed by atoms with van der Waals surface area (Å²) in [6, 6.07) is 6.03. The van der Waals surface area contributed by atoms with E-state index >= 15 is 0 Å². The molecule has 1 saturated heterocycles. The highest BCUT2D eigenvalue weighted by Crippen LogP contribution is 2.26. The lowest BCUT2D eigenvalue weighted by molar-refractivity contribution is -0.132. The first kappa shape index (κ1) is 15.7. The molecule has 0 amide bonds. The number of aryl methyl sites for hydroxylation is 1.